The van der Waals surface area contributed by atoms with E-state index in [2.05, 4.69) is 51.4 Å². The first-order chi connectivity index (χ1) is 11.0. The first kappa shape index (κ1) is 20.5. The van der Waals surface area contributed by atoms with E-state index in [-0.39, 0.29) is 24.0 Å². The zero-order valence-electron chi connectivity index (χ0n) is 15.1. The minimum absolute atomic E-state index is 0. The Morgan fingerprint density at radius 3 is 2.33 bits per heavy atom. The standard InChI is InChI=1S/C18H26N4O.HI/c1-6-15-7-9-16(10-8-15)12-22(5)18(19-4)20-11-17-21-13(2)14(3)23-17;/h7-10H,6,11-12H2,1-5H3,(H,19,20);1H. The van der Waals surface area contributed by atoms with Gasteiger partial charge >= 0.3 is 0 Å². The zero-order chi connectivity index (χ0) is 16.8. The molecule has 0 aliphatic carbocycles. The largest absolute Gasteiger partial charge is 0.444 e. The summed E-state index contributed by atoms with van der Waals surface area (Å²) in [7, 11) is 3.81. The Bertz CT molecular complexity index is 645. The van der Waals surface area contributed by atoms with Gasteiger partial charge in [0.15, 0.2) is 5.96 Å². The fourth-order valence-electron chi connectivity index (χ4n) is 2.38. The van der Waals surface area contributed by atoms with E-state index in [1.54, 1.807) is 7.05 Å². The van der Waals surface area contributed by atoms with Gasteiger partial charge in [0.25, 0.3) is 0 Å². The van der Waals surface area contributed by atoms with Crippen molar-refractivity contribution >= 4 is 29.9 Å². The summed E-state index contributed by atoms with van der Waals surface area (Å²) in [5.41, 5.74) is 3.55. The van der Waals surface area contributed by atoms with E-state index in [0.29, 0.717) is 12.4 Å². The van der Waals surface area contributed by atoms with Crippen LogP contribution in [-0.2, 0) is 19.5 Å². The fourth-order valence-corrected chi connectivity index (χ4v) is 2.38. The second kappa shape index (κ2) is 9.66. The Morgan fingerprint density at radius 1 is 1.21 bits per heavy atom. The molecular weight excluding hydrogens is 415 g/mol. The van der Waals surface area contributed by atoms with Crippen LogP contribution in [0.4, 0.5) is 0 Å². The van der Waals surface area contributed by atoms with Gasteiger partial charge < -0.3 is 14.6 Å². The van der Waals surface area contributed by atoms with Crippen LogP contribution in [0.1, 0.15) is 35.4 Å². The summed E-state index contributed by atoms with van der Waals surface area (Å²) in [5, 5.41) is 3.29. The lowest BCUT2D eigenvalue weighted by Gasteiger charge is -2.21. The number of oxazole rings is 1. The van der Waals surface area contributed by atoms with Gasteiger partial charge in [-0.15, -0.1) is 24.0 Å². The van der Waals surface area contributed by atoms with Crippen LogP contribution in [0.15, 0.2) is 33.7 Å². The van der Waals surface area contributed by atoms with Crippen molar-refractivity contribution in [2.45, 2.75) is 40.3 Å². The number of guanidine groups is 1. The van der Waals surface area contributed by atoms with Crippen LogP contribution < -0.4 is 5.32 Å². The summed E-state index contributed by atoms with van der Waals surface area (Å²) < 4.78 is 5.59. The Labute approximate surface area is 161 Å². The minimum atomic E-state index is 0. The number of hydrogen-bond acceptors (Lipinski definition) is 3. The third-order valence-electron chi connectivity index (χ3n) is 3.89. The lowest BCUT2D eigenvalue weighted by molar-refractivity contribution is 0.443. The van der Waals surface area contributed by atoms with Crippen LogP contribution in [0.25, 0.3) is 0 Å². The van der Waals surface area contributed by atoms with Gasteiger partial charge in [-0.05, 0) is 31.4 Å². The molecule has 1 N–H and O–H groups in total. The number of benzene rings is 1. The molecule has 2 aromatic rings. The number of rotatable bonds is 5. The maximum atomic E-state index is 5.59. The van der Waals surface area contributed by atoms with Gasteiger partial charge in [-0.1, -0.05) is 31.2 Å². The first-order valence-corrected chi connectivity index (χ1v) is 7.96. The van der Waals surface area contributed by atoms with Crippen molar-refractivity contribution in [2.75, 3.05) is 14.1 Å². The summed E-state index contributed by atoms with van der Waals surface area (Å²) in [6.45, 7) is 7.36. The van der Waals surface area contributed by atoms with Crippen LogP contribution in [0, 0.1) is 13.8 Å². The topological polar surface area (TPSA) is 53.7 Å². The monoisotopic (exact) mass is 442 g/mol. The number of hydrogen-bond donors (Lipinski definition) is 1. The molecule has 0 atom stereocenters. The number of aliphatic imine (C=N–C) groups is 1. The minimum Gasteiger partial charge on any atom is -0.444 e. The maximum absolute atomic E-state index is 5.59. The third kappa shape index (κ3) is 5.51. The predicted molar refractivity (Wildman–Crippen MR) is 109 cm³/mol. The van der Waals surface area contributed by atoms with Crippen molar-refractivity contribution in [3.63, 3.8) is 0 Å². The van der Waals surface area contributed by atoms with Crippen LogP contribution in [0.5, 0.6) is 0 Å². The van der Waals surface area contributed by atoms with E-state index in [1.165, 1.54) is 11.1 Å². The molecule has 0 spiro atoms. The van der Waals surface area contributed by atoms with Gasteiger partial charge in [-0.2, -0.15) is 0 Å². The molecule has 0 radical (unpaired) electrons. The molecule has 24 heavy (non-hydrogen) atoms. The molecule has 6 heteroatoms. The number of nitrogens with zero attached hydrogens (tertiary/aromatic N) is 3. The van der Waals surface area contributed by atoms with Crippen LogP contribution in [-0.4, -0.2) is 29.9 Å². The van der Waals surface area contributed by atoms with E-state index in [1.807, 2.05) is 20.9 Å². The Balaban J connectivity index is 0.00000288. The number of aryl methyl sites for hydroxylation is 3. The van der Waals surface area contributed by atoms with E-state index in [0.717, 1.165) is 30.4 Å². The van der Waals surface area contributed by atoms with Gasteiger partial charge in [0, 0.05) is 20.6 Å². The molecule has 0 aliphatic rings. The first-order valence-electron chi connectivity index (χ1n) is 7.96. The summed E-state index contributed by atoms with van der Waals surface area (Å²) >= 11 is 0. The van der Waals surface area contributed by atoms with Crippen molar-refractivity contribution in [1.29, 1.82) is 0 Å². The smallest absolute Gasteiger partial charge is 0.214 e. The summed E-state index contributed by atoms with van der Waals surface area (Å²) in [4.78, 5) is 10.8. The van der Waals surface area contributed by atoms with Crippen LogP contribution in [0.3, 0.4) is 0 Å². The highest BCUT2D eigenvalue weighted by molar-refractivity contribution is 14.0. The molecule has 0 fully saturated rings. The normalized spacial score (nSPS) is 11.1. The number of nitrogens with one attached hydrogen (secondary N) is 1. The predicted octanol–water partition coefficient (Wildman–Crippen LogP) is 3.68. The number of halogens is 1. The van der Waals surface area contributed by atoms with Gasteiger partial charge in [0.05, 0.1) is 12.2 Å². The molecule has 1 heterocycles. The lowest BCUT2D eigenvalue weighted by atomic mass is 10.1. The summed E-state index contributed by atoms with van der Waals surface area (Å²) in [6, 6.07) is 8.70. The molecule has 132 valence electrons. The van der Waals surface area contributed by atoms with Crippen molar-refractivity contribution in [1.82, 2.24) is 15.2 Å². The molecule has 0 aliphatic heterocycles. The van der Waals surface area contributed by atoms with E-state index < -0.39 is 0 Å². The highest BCUT2D eigenvalue weighted by Gasteiger charge is 2.10. The lowest BCUT2D eigenvalue weighted by Crippen LogP contribution is -2.38. The third-order valence-corrected chi connectivity index (χ3v) is 3.89. The van der Waals surface area contributed by atoms with Crippen molar-refractivity contribution in [3.05, 3.63) is 52.7 Å². The van der Waals surface area contributed by atoms with Gasteiger partial charge in [-0.3, -0.25) is 4.99 Å². The Hall–Kier alpha value is -1.57. The quantitative estimate of drug-likeness (QED) is 0.436. The molecule has 0 bridgehead atoms. The average Bonchev–Trinajstić information content (AvgIpc) is 2.87. The second-order valence-corrected chi connectivity index (χ2v) is 5.68. The molecule has 0 saturated heterocycles. The Kier molecular flexibility index (Phi) is 8.24. The van der Waals surface area contributed by atoms with Gasteiger partial charge in [-0.25, -0.2) is 4.98 Å². The molecular formula is C18H27IN4O. The summed E-state index contributed by atoms with van der Waals surface area (Å²) in [5.74, 6) is 2.36. The fraction of sp³-hybridized carbons (Fsp3) is 0.444. The molecule has 0 unspecified atom stereocenters. The second-order valence-electron chi connectivity index (χ2n) is 5.68. The SMILES string of the molecule is CCc1ccc(CN(C)C(=NC)NCc2nc(C)c(C)o2)cc1.I. The molecule has 5 nitrogen and oxygen atoms in total. The maximum Gasteiger partial charge on any atom is 0.214 e. The van der Waals surface area contributed by atoms with E-state index in [4.69, 9.17) is 4.42 Å². The molecule has 0 amide bonds. The van der Waals surface area contributed by atoms with E-state index >= 15 is 0 Å². The average molecular weight is 442 g/mol. The zero-order valence-corrected chi connectivity index (χ0v) is 17.4. The summed E-state index contributed by atoms with van der Waals surface area (Å²) in [6.07, 6.45) is 1.06. The van der Waals surface area contributed by atoms with Crippen LogP contribution >= 0.6 is 24.0 Å². The highest BCUT2D eigenvalue weighted by Crippen LogP contribution is 2.09. The van der Waals surface area contributed by atoms with Crippen molar-refractivity contribution in [3.8, 4) is 0 Å². The molecule has 1 aromatic heterocycles. The Morgan fingerprint density at radius 2 is 1.83 bits per heavy atom. The molecule has 2 rings (SSSR count). The van der Waals surface area contributed by atoms with E-state index in [9.17, 15) is 0 Å². The molecule has 1 aromatic carbocycles. The highest BCUT2D eigenvalue weighted by atomic mass is 127. The van der Waals surface area contributed by atoms with Crippen LogP contribution in [0.2, 0.25) is 0 Å². The number of aromatic nitrogens is 1. The van der Waals surface area contributed by atoms with Crippen molar-refractivity contribution < 1.29 is 4.42 Å². The van der Waals surface area contributed by atoms with Gasteiger partial charge in [0.1, 0.15) is 5.76 Å². The molecule has 0 saturated carbocycles. The van der Waals surface area contributed by atoms with Crippen molar-refractivity contribution in [2.24, 2.45) is 4.99 Å². The van der Waals surface area contributed by atoms with Gasteiger partial charge in [0.2, 0.25) is 5.89 Å².